The van der Waals surface area contributed by atoms with Crippen LogP contribution in [0, 0.1) is 25.7 Å². The van der Waals surface area contributed by atoms with Crippen molar-refractivity contribution in [1.82, 2.24) is 4.98 Å². The predicted octanol–water partition coefficient (Wildman–Crippen LogP) is 5.51. The number of aryl methyl sites for hydroxylation is 2. The molecule has 1 aliphatic carbocycles. The van der Waals surface area contributed by atoms with E-state index in [-0.39, 0.29) is 12.1 Å². The van der Waals surface area contributed by atoms with Gasteiger partial charge in [-0.3, -0.25) is 4.98 Å². The van der Waals surface area contributed by atoms with Gasteiger partial charge in [0.2, 0.25) is 0 Å². The second kappa shape index (κ2) is 8.54. The second-order valence-electron chi connectivity index (χ2n) is 9.81. The Morgan fingerprint density at radius 3 is 2.24 bits per heavy atom. The molecule has 3 atom stereocenters. The Labute approximate surface area is 183 Å². The van der Waals surface area contributed by atoms with E-state index in [1.807, 2.05) is 48.5 Å². The van der Waals surface area contributed by atoms with Crippen LogP contribution in [-0.2, 0) is 14.3 Å². The van der Waals surface area contributed by atoms with E-state index < -0.39 is 11.7 Å². The molecule has 1 saturated carbocycles. The highest BCUT2D eigenvalue weighted by Crippen LogP contribution is 2.46. The van der Waals surface area contributed by atoms with Gasteiger partial charge in [0.25, 0.3) is 0 Å². The van der Waals surface area contributed by atoms with Gasteiger partial charge in [0.1, 0.15) is 0 Å². The van der Waals surface area contributed by atoms with Gasteiger partial charge < -0.3 is 14.4 Å². The van der Waals surface area contributed by atoms with E-state index in [1.165, 1.54) is 19.3 Å². The first-order valence-electron chi connectivity index (χ1n) is 10.8. The lowest BCUT2D eigenvalue weighted by atomic mass is 10.0. The third-order valence-electron chi connectivity index (χ3n) is 5.85. The number of pyridine rings is 1. The molecule has 3 rings (SSSR count). The zero-order valence-electron chi connectivity index (χ0n) is 18.8. The lowest BCUT2D eigenvalue weighted by molar-refractivity contribution is -0.171. The van der Waals surface area contributed by atoms with E-state index in [4.69, 9.17) is 14.5 Å². The van der Waals surface area contributed by atoms with Gasteiger partial charge >= 0.3 is 5.97 Å². The molecule has 6 heteroatoms. The minimum atomic E-state index is -0.808. The number of carbonyl (C=O) groups is 1. The highest BCUT2D eigenvalue weighted by Gasteiger charge is 2.41. The number of halogens is 1. The predicted molar refractivity (Wildman–Crippen MR) is 119 cm³/mol. The largest absolute Gasteiger partial charge is 0.461 e. The number of esters is 1. The Bertz CT molecular complexity index is 760. The van der Waals surface area contributed by atoms with Crippen LogP contribution in [0.3, 0.4) is 0 Å². The summed E-state index contributed by atoms with van der Waals surface area (Å²) in [6, 6.07) is 0. The summed E-state index contributed by atoms with van der Waals surface area (Å²) in [5, 5.41) is 0. The van der Waals surface area contributed by atoms with Crippen LogP contribution < -0.4 is 4.90 Å². The van der Waals surface area contributed by atoms with Crippen LogP contribution in [0.25, 0.3) is 0 Å². The molecular weight excluding hydrogens is 432 g/mol. The molecule has 0 bridgehead atoms. The van der Waals surface area contributed by atoms with Gasteiger partial charge in [-0.05, 0) is 89.1 Å². The maximum atomic E-state index is 13.1. The highest BCUT2D eigenvalue weighted by atomic mass is 79.9. The van der Waals surface area contributed by atoms with E-state index >= 15 is 0 Å². The molecule has 1 saturated heterocycles. The van der Waals surface area contributed by atoms with Crippen LogP contribution in [0.15, 0.2) is 4.47 Å². The average molecular weight is 467 g/mol. The summed E-state index contributed by atoms with van der Waals surface area (Å²) in [5.74, 6) is 1.14. The van der Waals surface area contributed by atoms with Crippen LogP contribution >= 0.6 is 15.9 Å². The zero-order chi connectivity index (χ0) is 21.5. The van der Waals surface area contributed by atoms with Gasteiger partial charge in [-0.25, -0.2) is 4.79 Å². The van der Waals surface area contributed by atoms with E-state index in [2.05, 4.69) is 20.8 Å². The summed E-state index contributed by atoms with van der Waals surface area (Å²) in [7, 11) is 0. The fourth-order valence-corrected chi connectivity index (χ4v) is 5.29. The van der Waals surface area contributed by atoms with Crippen LogP contribution in [-0.4, -0.2) is 35.7 Å². The number of fused-ring (bicyclic) bond motifs is 1. The van der Waals surface area contributed by atoms with Crippen molar-refractivity contribution >= 4 is 27.6 Å². The highest BCUT2D eigenvalue weighted by molar-refractivity contribution is 9.10. The molecular formula is C23H35BrN2O3. The smallest absolute Gasteiger partial charge is 0.340 e. The van der Waals surface area contributed by atoms with Crippen LogP contribution in [0.5, 0.6) is 0 Å². The van der Waals surface area contributed by atoms with Crippen LogP contribution in [0.4, 0.5) is 5.69 Å². The van der Waals surface area contributed by atoms with E-state index in [1.54, 1.807) is 0 Å². The first-order valence-corrected chi connectivity index (χ1v) is 11.6. The number of carbonyl (C=O) groups excluding carboxylic acids is 1. The fraction of sp³-hybridized carbons (Fsp3) is 0.739. The van der Waals surface area contributed by atoms with Gasteiger partial charge in [0, 0.05) is 24.3 Å². The molecule has 162 valence electrons. The molecule has 2 aliphatic rings. The summed E-state index contributed by atoms with van der Waals surface area (Å²) in [4.78, 5) is 20.3. The number of anilines is 1. The lowest BCUT2D eigenvalue weighted by Gasteiger charge is -2.32. The molecule has 0 amide bonds. The van der Waals surface area contributed by atoms with Crippen molar-refractivity contribution in [3.05, 3.63) is 21.4 Å². The Hall–Kier alpha value is -1.14. The quantitative estimate of drug-likeness (QED) is 0.535. The Balaban J connectivity index is 2.09. The van der Waals surface area contributed by atoms with E-state index in [0.29, 0.717) is 0 Å². The number of hydrogen-bond acceptors (Lipinski definition) is 5. The Kier molecular flexibility index (Phi) is 6.64. The zero-order valence-corrected chi connectivity index (χ0v) is 20.4. The summed E-state index contributed by atoms with van der Waals surface area (Å²) < 4.78 is 12.9. The van der Waals surface area contributed by atoms with Crippen molar-refractivity contribution in [3.8, 4) is 0 Å². The maximum Gasteiger partial charge on any atom is 0.340 e. The Morgan fingerprint density at radius 2 is 1.72 bits per heavy atom. The minimum absolute atomic E-state index is 0.203. The van der Waals surface area contributed by atoms with Crippen molar-refractivity contribution in [2.24, 2.45) is 11.8 Å². The molecule has 2 fully saturated rings. The SMILES string of the molecule is Cc1nc(C)c([C@H](OC(C)(C)C)C(=O)OC(C)C)c(N2CC3CCCC3C2)c1Br. The second-order valence-corrected chi connectivity index (χ2v) is 10.6. The summed E-state index contributed by atoms with van der Waals surface area (Å²) in [6.07, 6.45) is 2.92. The molecule has 0 spiro atoms. The standard InChI is InChI=1S/C23H35BrN2O3/c1-13(2)28-22(27)21(29-23(5,6)7)18-14(3)25-15(4)19(24)20(18)26-11-16-9-8-10-17(16)12-26/h13,16-17,21H,8-12H2,1-7H3/t16?,17?,21-/m0/s1. The van der Waals surface area contributed by atoms with E-state index in [0.717, 1.165) is 52.0 Å². The number of ether oxygens (including phenoxy) is 2. The van der Waals surface area contributed by atoms with Crippen molar-refractivity contribution in [3.63, 3.8) is 0 Å². The molecule has 1 aromatic rings. The molecule has 2 heterocycles. The molecule has 0 N–H and O–H groups in total. The van der Waals surface area contributed by atoms with Gasteiger partial charge in [-0.1, -0.05) is 6.42 Å². The van der Waals surface area contributed by atoms with Crippen molar-refractivity contribution in [2.75, 3.05) is 18.0 Å². The molecule has 0 radical (unpaired) electrons. The van der Waals surface area contributed by atoms with E-state index in [9.17, 15) is 4.79 Å². The van der Waals surface area contributed by atoms with Gasteiger partial charge in [-0.2, -0.15) is 0 Å². The summed E-state index contributed by atoms with van der Waals surface area (Å²) in [6.45, 7) is 15.7. The number of rotatable bonds is 5. The monoisotopic (exact) mass is 466 g/mol. The van der Waals surface area contributed by atoms with Crippen molar-refractivity contribution in [2.45, 2.75) is 85.5 Å². The normalized spacial score (nSPS) is 22.9. The molecule has 1 aliphatic heterocycles. The number of aromatic nitrogens is 1. The third-order valence-corrected chi connectivity index (χ3v) is 6.80. The average Bonchev–Trinajstić information content (AvgIpc) is 3.16. The molecule has 1 aromatic heterocycles. The minimum Gasteiger partial charge on any atom is -0.461 e. The summed E-state index contributed by atoms with van der Waals surface area (Å²) >= 11 is 3.79. The number of nitrogens with zero attached hydrogens (tertiary/aromatic N) is 2. The number of hydrogen-bond donors (Lipinski definition) is 0. The van der Waals surface area contributed by atoms with Crippen molar-refractivity contribution < 1.29 is 14.3 Å². The summed E-state index contributed by atoms with van der Waals surface area (Å²) in [5.41, 5.74) is 3.16. The van der Waals surface area contributed by atoms with Gasteiger partial charge in [0.05, 0.1) is 27.6 Å². The van der Waals surface area contributed by atoms with Gasteiger partial charge in [0.15, 0.2) is 6.10 Å². The molecule has 5 nitrogen and oxygen atoms in total. The topological polar surface area (TPSA) is 51.7 Å². The third kappa shape index (κ3) is 4.96. The molecule has 2 unspecified atom stereocenters. The van der Waals surface area contributed by atoms with Gasteiger partial charge in [-0.15, -0.1) is 0 Å². The fourth-order valence-electron chi connectivity index (χ4n) is 4.74. The first kappa shape index (κ1) is 22.5. The molecule has 29 heavy (non-hydrogen) atoms. The maximum absolute atomic E-state index is 13.1. The van der Waals surface area contributed by atoms with Crippen LogP contribution in [0.2, 0.25) is 0 Å². The van der Waals surface area contributed by atoms with Crippen LogP contribution in [0.1, 0.15) is 76.9 Å². The first-order chi connectivity index (χ1) is 13.5. The lowest BCUT2D eigenvalue weighted by Crippen LogP contribution is -2.33. The van der Waals surface area contributed by atoms with Crippen molar-refractivity contribution in [1.29, 1.82) is 0 Å². The molecule has 0 aromatic carbocycles. The Morgan fingerprint density at radius 1 is 1.14 bits per heavy atom.